The minimum absolute atomic E-state index is 0.191. The molecule has 0 unspecified atom stereocenters. The summed E-state index contributed by atoms with van der Waals surface area (Å²) < 4.78 is 5.82. The molecule has 0 bridgehead atoms. The van der Waals surface area contributed by atoms with Crippen LogP contribution in [0.4, 0.5) is 10.6 Å². The van der Waals surface area contributed by atoms with E-state index in [-0.39, 0.29) is 5.82 Å². The van der Waals surface area contributed by atoms with Crippen molar-refractivity contribution in [3.05, 3.63) is 36.0 Å². The first-order valence-corrected chi connectivity index (χ1v) is 8.88. The molecule has 3 N–H and O–H groups in total. The Morgan fingerprint density at radius 1 is 1.39 bits per heavy atom. The number of benzene rings is 1. The number of anilines is 1. The number of nitrogens with zero attached hydrogens (tertiary/aromatic N) is 4. The lowest BCUT2D eigenvalue weighted by molar-refractivity contribution is 0.203. The molecule has 0 radical (unpaired) electrons. The summed E-state index contributed by atoms with van der Waals surface area (Å²) in [5.74, 6) is 1.08. The van der Waals surface area contributed by atoms with Crippen molar-refractivity contribution in [3.8, 4) is 22.9 Å². The van der Waals surface area contributed by atoms with Crippen molar-refractivity contribution in [1.82, 2.24) is 10.2 Å². The van der Waals surface area contributed by atoms with Gasteiger partial charge < -0.3 is 15.6 Å². The summed E-state index contributed by atoms with van der Waals surface area (Å²) in [6, 6.07) is 8.90. The Balaban J connectivity index is 2.25. The van der Waals surface area contributed by atoms with Crippen molar-refractivity contribution in [3.63, 3.8) is 0 Å². The predicted octanol–water partition coefficient (Wildman–Crippen LogP) is 3.27. The van der Waals surface area contributed by atoms with Gasteiger partial charge in [0.25, 0.3) is 0 Å². The highest BCUT2D eigenvalue weighted by Crippen LogP contribution is 2.28. The number of rotatable bonds is 7. The van der Waals surface area contributed by atoms with E-state index >= 15 is 0 Å². The molecule has 0 aliphatic carbocycles. The van der Waals surface area contributed by atoms with Crippen LogP contribution in [0, 0.1) is 17.2 Å². The Morgan fingerprint density at radius 2 is 2.11 bits per heavy atom. The van der Waals surface area contributed by atoms with Crippen LogP contribution in [0.5, 0.6) is 5.75 Å². The fourth-order valence-corrected chi connectivity index (χ4v) is 2.93. The van der Waals surface area contributed by atoms with Crippen molar-refractivity contribution in [2.75, 3.05) is 18.6 Å². The summed E-state index contributed by atoms with van der Waals surface area (Å²) in [6.07, 6.45) is 1.17. The Hall–Kier alpha value is -3.18. The average Bonchev–Trinajstić information content (AvgIpc) is 2.64. The number of hydrogen-bond acceptors (Lipinski definition) is 6. The SMILES string of the molecule is CC(C)C[C@](C)(N)COc1ccc(-c2cnnc(N(C)C(=O)O)c2)cc1C#N. The minimum Gasteiger partial charge on any atom is -0.490 e. The van der Waals surface area contributed by atoms with Crippen LogP contribution >= 0.6 is 0 Å². The summed E-state index contributed by atoms with van der Waals surface area (Å²) in [6.45, 7) is 6.42. The molecule has 148 valence electrons. The van der Waals surface area contributed by atoms with Crippen LogP contribution in [-0.4, -0.2) is 40.6 Å². The van der Waals surface area contributed by atoms with E-state index in [0.717, 1.165) is 11.3 Å². The van der Waals surface area contributed by atoms with Crippen molar-refractivity contribution in [2.24, 2.45) is 11.7 Å². The van der Waals surface area contributed by atoms with E-state index < -0.39 is 11.6 Å². The van der Waals surface area contributed by atoms with Crippen molar-refractivity contribution < 1.29 is 14.6 Å². The lowest BCUT2D eigenvalue weighted by Crippen LogP contribution is -2.43. The third kappa shape index (κ3) is 5.41. The zero-order valence-corrected chi connectivity index (χ0v) is 16.5. The van der Waals surface area contributed by atoms with Gasteiger partial charge in [0.15, 0.2) is 5.82 Å². The summed E-state index contributed by atoms with van der Waals surface area (Å²) in [5.41, 5.74) is 7.49. The molecular formula is C20H25N5O3. The summed E-state index contributed by atoms with van der Waals surface area (Å²) in [7, 11) is 1.38. The van der Waals surface area contributed by atoms with Gasteiger partial charge in [-0.25, -0.2) is 4.79 Å². The van der Waals surface area contributed by atoms with Gasteiger partial charge >= 0.3 is 6.09 Å². The number of nitriles is 1. The third-order valence-corrected chi connectivity index (χ3v) is 4.14. The molecule has 0 fully saturated rings. The van der Waals surface area contributed by atoms with E-state index in [9.17, 15) is 10.1 Å². The largest absolute Gasteiger partial charge is 0.490 e. The first kappa shape index (κ1) is 21.1. The Bertz CT molecular complexity index is 890. The van der Waals surface area contributed by atoms with Crippen LogP contribution in [0.1, 0.15) is 32.8 Å². The minimum atomic E-state index is -1.14. The predicted molar refractivity (Wildman–Crippen MR) is 106 cm³/mol. The van der Waals surface area contributed by atoms with Crippen LogP contribution in [0.2, 0.25) is 0 Å². The van der Waals surface area contributed by atoms with E-state index in [1.807, 2.05) is 6.92 Å². The van der Waals surface area contributed by atoms with Crippen LogP contribution in [0.25, 0.3) is 11.1 Å². The quantitative estimate of drug-likeness (QED) is 0.751. The molecule has 1 heterocycles. The lowest BCUT2D eigenvalue weighted by Gasteiger charge is -2.26. The molecule has 0 aliphatic rings. The molecule has 8 nitrogen and oxygen atoms in total. The monoisotopic (exact) mass is 383 g/mol. The van der Waals surface area contributed by atoms with Gasteiger partial charge in [-0.3, -0.25) is 4.90 Å². The van der Waals surface area contributed by atoms with Gasteiger partial charge in [0.2, 0.25) is 0 Å². The van der Waals surface area contributed by atoms with Gasteiger partial charge in [0.1, 0.15) is 18.4 Å². The second-order valence-electron chi connectivity index (χ2n) is 7.51. The third-order valence-electron chi connectivity index (χ3n) is 4.14. The molecule has 1 atom stereocenters. The van der Waals surface area contributed by atoms with Crippen LogP contribution in [-0.2, 0) is 0 Å². The standard InChI is InChI=1S/C20H25N5O3/c1-13(2)9-20(3,22)12-28-17-6-5-14(7-15(17)10-21)16-8-18(24-23-11-16)25(4)19(26)27/h5-8,11,13H,9,12,22H2,1-4H3,(H,26,27)/t20-/m0/s1. The lowest BCUT2D eigenvalue weighted by atomic mass is 9.93. The number of carboxylic acid groups (broad SMARTS) is 1. The summed E-state index contributed by atoms with van der Waals surface area (Å²) in [4.78, 5) is 12.1. The van der Waals surface area contributed by atoms with E-state index in [4.69, 9.17) is 15.6 Å². The Morgan fingerprint density at radius 3 is 2.71 bits per heavy atom. The Labute approximate surface area is 164 Å². The second-order valence-corrected chi connectivity index (χ2v) is 7.51. The number of carbonyl (C=O) groups is 1. The topological polar surface area (TPSA) is 125 Å². The van der Waals surface area contributed by atoms with Crippen LogP contribution < -0.4 is 15.4 Å². The highest BCUT2D eigenvalue weighted by molar-refractivity contribution is 5.85. The van der Waals surface area contributed by atoms with Gasteiger partial charge in [0, 0.05) is 18.2 Å². The molecule has 2 rings (SSSR count). The molecular weight excluding hydrogens is 358 g/mol. The zero-order chi connectivity index (χ0) is 20.9. The van der Waals surface area contributed by atoms with Crippen molar-refractivity contribution in [1.29, 1.82) is 5.26 Å². The van der Waals surface area contributed by atoms with Crippen molar-refractivity contribution >= 4 is 11.9 Å². The first-order valence-electron chi connectivity index (χ1n) is 8.88. The fourth-order valence-electron chi connectivity index (χ4n) is 2.93. The number of nitrogens with two attached hydrogens (primary N) is 1. The Kier molecular flexibility index (Phi) is 6.54. The maximum absolute atomic E-state index is 11.1. The number of ether oxygens (including phenoxy) is 1. The van der Waals surface area contributed by atoms with Gasteiger partial charge in [0.05, 0.1) is 11.8 Å². The van der Waals surface area contributed by atoms with E-state index in [1.54, 1.807) is 24.3 Å². The normalized spacial score (nSPS) is 12.9. The molecule has 0 saturated heterocycles. The molecule has 0 aliphatic heterocycles. The van der Waals surface area contributed by atoms with Gasteiger partial charge in [-0.05, 0) is 43.0 Å². The number of aromatic nitrogens is 2. The summed E-state index contributed by atoms with van der Waals surface area (Å²) in [5, 5.41) is 26.3. The van der Waals surface area contributed by atoms with E-state index in [0.29, 0.717) is 35.0 Å². The smallest absolute Gasteiger partial charge is 0.412 e. The first-order chi connectivity index (χ1) is 13.1. The molecule has 0 saturated carbocycles. The molecule has 1 aromatic heterocycles. The van der Waals surface area contributed by atoms with Crippen LogP contribution in [0.15, 0.2) is 30.5 Å². The number of amides is 1. The molecule has 0 spiro atoms. The molecule has 2 aromatic rings. The zero-order valence-electron chi connectivity index (χ0n) is 16.5. The summed E-state index contributed by atoms with van der Waals surface area (Å²) >= 11 is 0. The van der Waals surface area contributed by atoms with Gasteiger partial charge in [-0.15, -0.1) is 5.10 Å². The maximum atomic E-state index is 11.1. The molecule has 8 heteroatoms. The molecule has 28 heavy (non-hydrogen) atoms. The highest BCUT2D eigenvalue weighted by atomic mass is 16.5. The fraction of sp³-hybridized carbons (Fsp3) is 0.400. The number of hydrogen-bond donors (Lipinski definition) is 2. The van der Waals surface area contributed by atoms with Gasteiger partial charge in [-0.1, -0.05) is 19.9 Å². The second kappa shape index (κ2) is 8.67. The van der Waals surface area contributed by atoms with Crippen LogP contribution in [0.3, 0.4) is 0 Å². The molecule has 1 aromatic carbocycles. The average molecular weight is 383 g/mol. The highest BCUT2D eigenvalue weighted by Gasteiger charge is 2.22. The van der Waals surface area contributed by atoms with E-state index in [1.165, 1.54) is 13.2 Å². The maximum Gasteiger partial charge on any atom is 0.412 e. The molecule has 1 amide bonds. The van der Waals surface area contributed by atoms with Gasteiger partial charge in [-0.2, -0.15) is 10.4 Å². The van der Waals surface area contributed by atoms with Crippen molar-refractivity contribution in [2.45, 2.75) is 32.7 Å². The van der Waals surface area contributed by atoms with E-state index in [2.05, 4.69) is 30.1 Å².